The number of carbonyl (C=O) groups is 3. The minimum atomic E-state index is -0.778. The molecule has 1 aliphatic heterocycles. The van der Waals surface area contributed by atoms with Gasteiger partial charge in [0.15, 0.2) is 0 Å². The van der Waals surface area contributed by atoms with Crippen molar-refractivity contribution in [2.24, 2.45) is 0 Å². The first-order valence-corrected chi connectivity index (χ1v) is 13.7. The van der Waals surface area contributed by atoms with Crippen molar-refractivity contribution in [2.75, 3.05) is 33.0 Å². The number of nitrogens with zero attached hydrogens (tertiary/aromatic N) is 3. The van der Waals surface area contributed by atoms with Crippen molar-refractivity contribution in [3.05, 3.63) is 35.9 Å². The van der Waals surface area contributed by atoms with E-state index < -0.39 is 30.1 Å². The fourth-order valence-electron chi connectivity index (χ4n) is 4.37. The number of carbonyl (C=O) groups excluding carboxylic acids is 3. The monoisotopic (exact) mass is 586 g/mol. The van der Waals surface area contributed by atoms with E-state index in [4.69, 9.17) is 30.3 Å². The zero-order chi connectivity index (χ0) is 30.0. The van der Waals surface area contributed by atoms with E-state index in [2.05, 4.69) is 15.0 Å². The Morgan fingerprint density at radius 2 is 1.51 bits per heavy atom. The molecule has 0 aromatic heterocycles. The van der Waals surface area contributed by atoms with E-state index in [9.17, 15) is 14.4 Å². The molecule has 0 radical (unpaired) electrons. The average molecular weight is 587 g/mol. The van der Waals surface area contributed by atoms with E-state index in [1.165, 1.54) is 4.90 Å². The van der Waals surface area contributed by atoms with Crippen LogP contribution in [0.5, 0.6) is 0 Å². The molecule has 1 saturated heterocycles. The van der Waals surface area contributed by atoms with E-state index >= 15 is 0 Å². The molecule has 3 unspecified atom stereocenters. The first kappa shape index (κ1) is 34.5. The van der Waals surface area contributed by atoms with Crippen molar-refractivity contribution in [1.82, 2.24) is 21.0 Å². The minimum Gasteiger partial charge on any atom is -0.465 e. The number of rotatable bonds is 20. The molecule has 1 aliphatic rings. The lowest BCUT2D eigenvalue weighted by molar-refractivity contribution is -0.492. The van der Waals surface area contributed by atoms with E-state index in [1.807, 2.05) is 30.3 Å². The molecule has 1 amide bonds. The first-order valence-electron chi connectivity index (χ1n) is 13.7. The smallest absolute Gasteiger partial charge is 0.328 e. The summed E-state index contributed by atoms with van der Waals surface area (Å²) in [5.41, 5.74) is 1.03. The van der Waals surface area contributed by atoms with Crippen LogP contribution in [0.25, 0.3) is 0 Å². The fourth-order valence-corrected chi connectivity index (χ4v) is 4.37. The zero-order valence-electron chi connectivity index (χ0n) is 23.3. The summed E-state index contributed by atoms with van der Waals surface area (Å²) in [6.07, 6.45) is 3.80. The number of likely N-dealkylation sites (tertiary alicyclic amines) is 1. The average Bonchev–Trinajstić information content (AvgIpc) is 3.44. The molecule has 1 heterocycles. The van der Waals surface area contributed by atoms with Crippen LogP contribution in [0.4, 0.5) is 0 Å². The Morgan fingerprint density at radius 3 is 2.12 bits per heavy atom. The second-order valence-electron chi connectivity index (χ2n) is 9.58. The molecule has 232 valence electrons. The van der Waals surface area contributed by atoms with Crippen molar-refractivity contribution in [3.63, 3.8) is 0 Å². The summed E-state index contributed by atoms with van der Waals surface area (Å²) >= 11 is 0. The Hall–Kier alpha value is -2.73. The van der Waals surface area contributed by atoms with Crippen LogP contribution in [0, 0.1) is 0 Å². The third-order valence-electron chi connectivity index (χ3n) is 6.46. The summed E-state index contributed by atoms with van der Waals surface area (Å²) in [7, 11) is 0. The molecule has 1 aromatic rings. The maximum absolute atomic E-state index is 13.3. The van der Waals surface area contributed by atoms with Crippen LogP contribution in [0.3, 0.4) is 0 Å². The Labute approximate surface area is 238 Å². The summed E-state index contributed by atoms with van der Waals surface area (Å²) in [5.74, 6) is -1.35. The predicted molar refractivity (Wildman–Crippen MR) is 139 cm³/mol. The van der Waals surface area contributed by atoms with Crippen LogP contribution in [-0.4, -0.2) is 105 Å². The van der Waals surface area contributed by atoms with Gasteiger partial charge in [-0.1, -0.05) is 30.3 Å². The third kappa shape index (κ3) is 13.7. The van der Waals surface area contributed by atoms with Crippen LogP contribution in [-0.2, 0) is 40.0 Å². The molecule has 15 heteroatoms. The van der Waals surface area contributed by atoms with Gasteiger partial charge in [0.1, 0.15) is 12.1 Å². The van der Waals surface area contributed by atoms with E-state index in [-0.39, 0.29) is 43.1 Å². The summed E-state index contributed by atoms with van der Waals surface area (Å²) < 4.78 is 10.7. The van der Waals surface area contributed by atoms with Gasteiger partial charge in [0.2, 0.25) is 5.91 Å². The van der Waals surface area contributed by atoms with Crippen LogP contribution in [0.1, 0.15) is 57.4 Å². The van der Waals surface area contributed by atoms with Crippen LogP contribution in [0.15, 0.2) is 30.3 Å². The highest BCUT2D eigenvalue weighted by Crippen LogP contribution is 2.20. The lowest BCUT2D eigenvalue weighted by atomic mass is 10.0. The summed E-state index contributed by atoms with van der Waals surface area (Å²) in [6.45, 7) is 2.30. The summed E-state index contributed by atoms with van der Waals surface area (Å²) in [5, 5.41) is 36.5. The van der Waals surface area contributed by atoms with E-state index in [1.54, 1.807) is 6.92 Å². The molecule has 15 nitrogen and oxygen atoms in total. The van der Waals surface area contributed by atoms with Crippen LogP contribution >= 0.6 is 0 Å². The van der Waals surface area contributed by atoms with Gasteiger partial charge in [0.05, 0.1) is 43.2 Å². The lowest BCUT2D eigenvalue weighted by Gasteiger charge is -2.28. The standard InChI is InChI=1S/C26H42N4O11/c1-20(24(31)28-15-9-12-23(28)26(33)39-17-6-8-19-41-30(36)37)27-22(14-13-21-10-3-2-4-11-21)25(32)38-16-5-7-18-40-29(34)35/h2-4,10-11,20,22-23,27,34-37H,5-9,12-19H2,1H3. The molecule has 2 rings (SSSR count). The normalized spacial score (nSPS) is 16.7. The fraction of sp³-hybridized carbons (Fsp3) is 0.654. The summed E-state index contributed by atoms with van der Waals surface area (Å²) in [4.78, 5) is 49.4. The van der Waals surface area contributed by atoms with Gasteiger partial charge in [-0.2, -0.15) is 0 Å². The molecule has 0 saturated carbocycles. The number of nitrogens with one attached hydrogen (secondary N) is 1. The van der Waals surface area contributed by atoms with Crippen LogP contribution < -0.4 is 5.32 Å². The summed E-state index contributed by atoms with van der Waals surface area (Å²) in [6, 6.07) is 7.33. The predicted octanol–water partition coefficient (Wildman–Crippen LogP) is 1.63. The van der Waals surface area contributed by atoms with Gasteiger partial charge in [0.25, 0.3) is 0 Å². The van der Waals surface area contributed by atoms with Gasteiger partial charge in [-0.05, 0) is 63.9 Å². The molecule has 41 heavy (non-hydrogen) atoms. The van der Waals surface area contributed by atoms with Crippen molar-refractivity contribution in [3.8, 4) is 0 Å². The maximum atomic E-state index is 13.3. The quantitative estimate of drug-likeness (QED) is 0.0841. The second kappa shape index (κ2) is 19.4. The van der Waals surface area contributed by atoms with Crippen LogP contribution in [0.2, 0.25) is 0 Å². The first-order chi connectivity index (χ1) is 19.7. The van der Waals surface area contributed by atoms with Crippen molar-refractivity contribution in [1.29, 1.82) is 0 Å². The second-order valence-corrected chi connectivity index (χ2v) is 9.58. The number of aryl methyl sites for hydroxylation is 1. The van der Waals surface area contributed by atoms with Crippen molar-refractivity contribution in [2.45, 2.75) is 76.4 Å². The van der Waals surface area contributed by atoms with Gasteiger partial charge in [-0.3, -0.25) is 45.4 Å². The van der Waals surface area contributed by atoms with Gasteiger partial charge in [0, 0.05) is 6.54 Å². The number of esters is 2. The Kier molecular flexibility index (Phi) is 16.3. The maximum Gasteiger partial charge on any atom is 0.328 e. The number of unbranched alkanes of at least 4 members (excludes halogenated alkanes) is 2. The number of benzene rings is 1. The number of hydrogen-bond donors (Lipinski definition) is 5. The van der Waals surface area contributed by atoms with Crippen molar-refractivity contribution >= 4 is 17.8 Å². The highest BCUT2D eigenvalue weighted by atomic mass is 17.1. The molecule has 3 atom stereocenters. The Bertz CT molecular complexity index is 907. The van der Waals surface area contributed by atoms with E-state index in [0.29, 0.717) is 57.9 Å². The SMILES string of the molecule is CC(NC(CCc1ccccc1)C(=O)OCCCCON(O)O)C(=O)N1CCCC1C(=O)OCCCCON(O)O. The van der Waals surface area contributed by atoms with Gasteiger partial charge in [-0.25, -0.2) is 4.79 Å². The topological polar surface area (TPSA) is 191 Å². The zero-order valence-corrected chi connectivity index (χ0v) is 23.3. The number of amides is 1. The number of ether oxygens (including phenoxy) is 2. The Balaban J connectivity index is 1.90. The van der Waals surface area contributed by atoms with Gasteiger partial charge >= 0.3 is 11.9 Å². The lowest BCUT2D eigenvalue weighted by Crippen LogP contribution is -2.53. The molecule has 0 aliphatic carbocycles. The third-order valence-corrected chi connectivity index (χ3v) is 6.46. The number of hydrogen-bond acceptors (Lipinski definition) is 14. The molecule has 0 spiro atoms. The highest BCUT2D eigenvalue weighted by molar-refractivity contribution is 5.88. The van der Waals surface area contributed by atoms with Gasteiger partial charge < -0.3 is 14.4 Å². The minimum absolute atomic E-state index is 0.0335. The van der Waals surface area contributed by atoms with E-state index in [0.717, 1.165) is 5.56 Å². The Morgan fingerprint density at radius 1 is 0.927 bits per heavy atom. The molecular weight excluding hydrogens is 544 g/mol. The molecule has 1 fully saturated rings. The van der Waals surface area contributed by atoms with Gasteiger partial charge in [-0.15, -0.1) is 0 Å². The molecule has 0 bridgehead atoms. The molecule has 5 N–H and O–H groups in total. The van der Waals surface area contributed by atoms with Crippen molar-refractivity contribution < 1.29 is 54.4 Å². The molecular formula is C26H42N4O11. The largest absolute Gasteiger partial charge is 0.465 e. The highest BCUT2D eigenvalue weighted by Gasteiger charge is 2.38. The molecule has 1 aromatic carbocycles.